The van der Waals surface area contributed by atoms with E-state index in [1.54, 1.807) is 0 Å². The number of rotatable bonds is 4. The molecule has 0 bridgehead atoms. The molecule has 0 heterocycles. The van der Waals surface area contributed by atoms with Crippen molar-refractivity contribution in [3.8, 4) is 0 Å². The van der Waals surface area contributed by atoms with Crippen LogP contribution in [-0.4, -0.2) is 18.8 Å². The summed E-state index contributed by atoms with van der Waals surface area (Å²) in [5.41, 5.74) is 5.97. The molecular formula is C15H27NO. The van der Waals surface area contributed by atoms with Crippen LogP contribution in [0.4, 0.5) is 0 Å². The highest BCUT2D eigenvalue weighted by atomic mass is 16.5. The lowest BCUT2D eigenvalue weighted by molar-refractivity contribution is 0.0225. The van der Waals surface area contributed by atoms with E-state index in [-0.39, 0.29) is 0 Å². The van der Waals surface area contributed by atoms with Gasteiger partial charge < -0.3 is 10.5 Å². The Hall–Kier alpha value is -0.340. The van der Waals surface area contributed by atoms with Gasteiger partial charge in [0.1, 0.15) is 0 Å². The largest absolute Gasteiger partial charge is 0.374 e. The molecule has 0 saturated heterocycles. The summed E-state index contributed by atoms with van der Waals surface area (Å²) in [5.74, 6) is 1.90. The number of ether oxygens (including phenoxy) is 1. The minimum Gasteiger partial charge on any atom is -0.374 e. The zero-order valence-corrected chi connectivity index (χ0v) is 10.9. The smallest absolute Gasteiger partial charge is 0.0648 e. The van der Waals surface area contributed by atoms with Crippen molar-refractivity contribution in [3.05, 3.63) is 12.7 Å². The van der Waals surface area contributed by atoms with Crippen molar-refractivity contribution in [1.29, 1.82) is 0 Å². The summed E-state index contributed by atoms with van der Waals surface area (Å²) >= 11 is 0. The van der Waals surface area contributed by atoms with Gasteiger partial charge in [-0.05, 0) is 63.2 Å². The van der Waals surface area contributed by atoms with Gasteiger partial charge in [0.05, 0.1) is 12.7 Å². The van der Waals surface area contributed by atoms with Crippen molar-refractivity contribution in [2.45, 2.75) is 63.5 Å². The van der Waals surface area contributed by atoms with E-state index < -0.39 is 0 Å². The average molecular weight is 237 g/mol. The molecule has 2 N–H and O–H groups in total. The molecule has 2 saturated carbocycles. The highest BCUT2D eigenvalue weighted by Gasteiger charge is 2.30. The van der Waals surface area contributed by atoms with E-state index in [0.29, 0.717) is 18.8 Å². The summed E-state index contributed by atoms with van der Waals surface area (Å²) in [5, 5.41) is 0. The molecule has 0 amide bonds. The quantitative estimate of drug-likeness (QED) is 0.762. The summed E-state index contributed by atoms with van der Waals surface area (Å²) in [6.07, 6.45) is 12.8. The molecular weight excluding hydrogens is 210 g/mol. The van der Waals surface area contributed by atoms with Crippen LogP contribution in [0.25, 0.3) is 0 Å². The monoisotopic (exact) mass is 237 g/mol. The second-order valence-corrected chi connectivity index (χ2v) is 5.83. The molecule has 2 aliphatic rings. The Morgan fingerprint density at radius 3 is 2.00 bits per heavy atom. The molecule has 2 nitrogen and oxygen atoms in total. The molecule has 0 aromatic heterocycles. The van der Waals surface area contributed by atoms with Gasteiger partial charge in [0.15, 0.2) is 0 Å². The van der Waals surface area contributed by atoms with E-state index >= 15 is 0 Å². The Morgan fingerprint density at radius 2 is 1.47 bits per heavy atom. The van der Waals surface area contributed by atoms with Gasteiger partial charge in [-0.25, -0.2) is 0 Å². The Morgan fingerprint density at radius 1 is 0.941 bits per heavy atom. The topological polar surface area (TPSA) is 35.2 Å². The second kappa shape index (κ2) is 6.55. The van der Waals surface area contributed by atoms with Crippen molar-refractivity contribution < 1.29 is 4.74 Å². The van der Waals surface area contributed by atoms with Crippen LogP contribution < -0.4 is 5.73 Å². The van der Waals surface area contributed by atoms with E-state index in [4.69, 9.17) is 10.5 Å². The van der Waals surface area contributed by atoms with Crippen molar-refractivity contribution in [3.63, 3.8) is 0 Å². The zero-order chi connectivity index (χ0) is 12.1. The minimum absolute atomic E-state index is 0.485. The zero-order valence-electron chi connectivity index (χ0n) is 10.9. The summed E-state index contributed by atoms with van der Waals surface area (Å²) in [6.45, 7) is 4.42. The van der Waals surface area contributed by atoms with Crippen LogP contribution in [0.1, 0.15) is 51.4 Å². The van der Waals surface area contributed by atoms with Crippen molar-refractivity contribution >= 4 is 0 Å². The molecule has 2 fully saturated rings. The van der Waals surface area contributed by atoms with Crippen LogP contribution in [-0.2, 0) is 4.74 Å². The summed E-state index contributed by atoms with van der Waals surface area (Å²) in [7, 11) is 0. The van der Waals surface area contributed by atoms with Gasteiger partial charge in [-0.2, -0.15) is 0 Å². The molecule has 0 aliphatic heterocycles. The van der Waals surface area contributed by atoms with Crippen LogP contribution in [0.5, 0.6) is 0 Å². The molecule has 2 heteroatoms. The van der Waals surface area contributed by atoms with Gasteiger partial charge in [-0.1, -0.05) is 6.08 Å². The third kappa shape index (κ3) is 3.82. The van der Waals surface area contributed by atoms with E-state index in [9.17, 15) is 0 Å². The Kier molecular flexibility index (Phi) is 5.05. The summed E-state index contributed by atoms with van der Waals surface area (Å²) < 4.78 is 5.75. The molecule has 0 aromatic carbocycles. The Bertz CT molecular complexity index is 225. The third-order valence-corrected chi connectivity index (χ3v) is 4.65. The highest BCUT2D eigenvalue weighted by molar-refractivity contribution is 4.83. The molecule has 2 rings (SSSR count). The fourth-order valence-electron chi connectivity index (χ4n) is 3.55. The predicted molar refractivity (Wildman–Crippen MR) is 71.8 cm³/mol. The number of hydrogen-bond donors (Lipinski definition) is 1. The summed E-state index contributed by atoms with van der Waals surface area (Å²) in [4.78, 5) is 0. The molecule has 0 aromatic rings. The molecule has 98 valence electrons. The highest BCUT2D eigenvalue weighted by Crippen LogP contribution is 2.38. The molecule has 2 aliphatic carbocycles. The van der Waals surface area contributed by atoms with Crippen LogP contribution in [0.3, 0.4) is 0 Å². The van der Waals surface area contributed by atoms with Crippen LogP contribution >= 0.6 is 0 Å². The first-order valence-electron chi connectivity index (χ1n) is 7.27. The molecule has 0 unspecified atom stereocenters. The first-order valence-corrected chi connectivity index (χ1v) is 7.27. The minimum atomic E-state index is 0.485. The van der Waals surface area contributed by atoms with E-state index in [0.717, 1.165) is 11.8 Å². The average Bonchev–Trinajstić information content (AvgIpc) is 2.38. The Balaban J connectivity index is 1.69. The van der Waals surface area contributed by atoms with Crippen molar-refractivity contribution in [2.75, 3.05) is 6.61 Å². The Labute approximate surface area is 106 Å². The van der Waals surface area contributed by atoms with E-state index in [1.165, 1.54) is 51.4 Å². The van der Waals surface area contributed by atoms with Gasteiger partial charge >= 0.3 is 0 Å². The fraction of sp³-hybridized carbons (Fsp3) is 0.867. The maximum absolute atomic E-state index is 5.97. The normalized spacial score (nSPS) is 38.9. The lowest BCUT2D eigenvalue weighted by Crippen LogP contribution is -2.32. The summed E-state index contributed by atoms with van der Waals surface area (Å²) in [6, 6.07) is 0.485. The standard InChI is InChI=1S/C15H27NO/c1-2-11-17-15-9-5-13(6-10-15)12-3-7-14(16)8-4-12/h2,12-15H,1,3-11,16H2. The molecule has 0 atom stereocenters. The van der Waals surface area contributed by atoms with Crippen LogP contribution in [0.15, 0.2) is 12.7 Å². The molecule has 0 radical (unpaired) electrons. The third-order valence-electron chi connectivity index (χ3n) is 4.65. The lowest BCUT2D eigenvalue weighted by Gasteiger charge is -2.37. The van der Waals surface area contributed by atoms with Crippen LogP contribution in [0.2, 0.25) is 0 Å². The van der Waals surface area contributed by atoms with Gasteiger partial charge in [0.25, 0.3) is 0 Å². The number of nitrogens with two attached hydrogens (primary N) is 1. The van der Waals surface area contributed by atoms with Crippen molar-refractivity contribution in [2.24, 2.45) is 17.6 Å². The molecule has 17 heavy (non-hydrogen) atoms. The number of hydrogen-bond acceptors (Lipinski definition) is 2. The van der Waals surface area contributed by atoms with Gasteiger partial charge in [0.2, 0.25) is 0 Å². The van der Waals surface area contributed by atoms with Gasteiger partial charge in [0, 0.05) is 6.04 Å². The fourth-order valence-corrected chi connectivity index (χ4v) is 3.55. The van der Waals surface area contributed by atoms with Crippen LogP contribution in [0, 0.1) is 11.8 Å². The lowest BCUT2D eigenvalue weighted by atomic mass is 9.72. The molecule has 0 spiro atoms. The van der Waals surface area contributed by atoms with Gasteiger partial charge in [-0.3, -0.25) is 0 Å². The first kappa shape index (κ1) is 13.1. The van der Waals surface area contributed by atoms with Crippen molar-refractivity contribution in [1.82, 2.24) is 0 Å². The maximum atomic E-state index is 5.97. The first-order chi connectivity index (χ1) is 8.29. The van der Waals surface area contributed by atoms with E-state index in [1.807, 2.05) is 6.08 Å². The second-order valence-electron chi connectivity index (χ2n) is 5.83. The maximum Gasteiger partial charge on any atom is 0.0648 e. The van der Waals surface area contributed by atoms with Gasteiger partial charge in [-0.15, -0.1) is 6.58 Å². The SMILES string of the molecule is C=CCOC1CCC(C2CCC(N)CC2)CC1. The predicted octanol–water partition coefficient (Wildman–Crippen LogP) is 3.27. The van der Waals surface area contributed by atoms with E-state index in [2.05, 4.69) is 6.58 Å².